The normalized spacial score (nSPS) is 17.1. The van der Waals surface area contributed by atoms with Gasteiger partial charge in [-0.15, -0.1) is 0 Å². The number of hydroxylamine groups is 1. The van der Waals surface area contributed by atoms with Crippen molar-refractivity contribution in [3.05, 3.63) is 17.3 Å². The smallest absolute Gasteiger partial charge is 0.156 e. The van der Waals surface area contributed by atoms with Crippen molar-refractivity contribution in [2.75, 3.05) is 23.9 Å². The number of nitrogens with zero attached hydrogens (tertiary/aromatic N) is 2. The number of rotatable bonds is 1. The minimum Gasteiger partial charge on any atom is -0.399 e. The lowest BCUT2D eigenvalue weighted by molar-refractivity contribution is 0.0762. The van der Waals surface area contributed by atoms with Crippen molar-refractivity contribution >= 4 is 23.1 Å². The summed E-state index contributed by atoms with van der Waals surface area (Å²) in [5.74, 6) is 0.690. The maximum atomic E-state index is 5.80. The zero-order valence-electron chi connectivity index (χ0n) is 7.74. The van der Waals surface area contributed by atoms with Crippen LogP contribution < -0.4 is 10.8 Å². The fraction of sp³-hybridized carbons (Fsp3) is 0.444. The second-order valence-electron chi connectivity index (χ2n) is 3.22. The molecule has 0 aromatic carbocycles. The molecule has 0 bridgehead atoms. The number of pyridine rings is 1. The fourth-order valence-electron chi connectivity index (χ4n) is 1.41. The van der Waals surface area contributed by atoms with E-state index in [1.165, 1.54) is 0 Å². The predicted molar refractivity (Wildman–Crippen MR) is 56.2 cm³/mol. The van der Waals surface area contributed by atoms with Crippen LogP contribution in [0.1, 0.15) is 12.8 Å². The van der Waals surface area contributed by atoms with E-state index < -0.39 is 0 Å². The van der Waals surface area contributed by atoms with Crippen molar-refractivity contribution in [2.24, 2.45) is 0 Å². The van der Waals surface area contributed by atoms with Crippen molar-refractivity contribution in [3.63, 3.8) is 0 Å². The monoisotopic (exact) mass is 213 g/mol. The SMILES string of the molecule is Nc1cc(Cl)nc(N2CCCCO2)c1. The first-order valence-electron chi connectivity index (χ1n) is 4.59. The van der Waals surface area contributed by atoms with Gasteiger partial charge in [-0.2, -0.15) is 0 Å². The van der Waals surface area contributed by atoms with Crippen molar-refractivity contribution in [1.82, 2.24) is 4.98 Å². The van der Waals surface area contributed by atoms with Crippen LogP contribution in [0.3, 0.4) is 0 Å². The Morgan fingerprint density at radius 3 is 2.93 bits per heavy atom. The first-order chi connectivity index (χ1) is 6.75. The number of aromatic nitrogens is 1. The highest BCUT2D eigenvalue weighted by atomic mass is 35.5. The Kier molecular flexibility index (Phi) is 2.74. The van der Waals surface area contributed by atoms with Crippen LogP contribution in [0.2, 0.25) is 5.15 Å². The van der Waals surface area contributed by atoms with Gasteiger partial charge in [0.15, 0.2) is 5.82 Å². The van der Waals surface area contributed by atoms with Gasteiger partial charge in [-0.05, 0) is 18.9 Å². The molecule has 1 saturated heterocycles. The molecule has 0 spiro atoms. The first-order valence-corrected chi connectivity index (χ1v) is 4.97. The number of nitrogen functional groups attached to an aromatic ring is 1. The summed E-state index contributed by atoms with van der Waals surface area (Å²) in [6.07, 6.45) is 2.20. The zero-order chi connectivity index (χ0) is 9.97. The lowest BCUT2D eigenvalue weighted by atomic mass is 10.3. The van der Waals surface area contributed by atoms with Crippen LogP contribution in [-0.4, -0.2) is 18.1 Å². The Morgan fingerprint density at radius 2 is 2.29 bits per heavy atom. The third kappa shape index (κ3) is 2.08. The topological polar surface area (TPSA) is 51.4 Å². The summed E-state index contributed by atoms with van der Waals surface area (Å²) in [6.45, 7) is 1.57. The van der Waals surface area contributed by atoms with Gasteiger partial charge in [-0.25, -0.2) is 10.0 Å². The van der Waals surface area contributed by atoms with Gasteiger partial charge in [0.25, 0.3) is 0 Å². The van der Waals surface area contributed by atoms with Gasteiger partial charge in [-0.3, -0.25) is 4.84 Å². The molecule has 0 radical (unpaired) electrons. The van der Waals surface area contributed by atoms with Gasteiger partial charge >= 0.3 is 0 Å². The summed E-state index contributed by atoms with van der Waals surface area (Å²) in [7, 11) is 0. The van der Waals surface area contributed by atoms with Crippen LogP contribution in [-0.2, 0) is 4.84 Å². The van der Waals surface area contributed by atoms with Crippen LogP contribution in [0.15, 0.2) is 12.1 Å². The number of nitrogens with two attached hydrogens (primary N) is 1. The highest BCUT2D eigenvalue weighted by Crippen LogP contribution is 2.21. The number of hydrogen-bond acceptors (Lipinski definition) is 4. The quantitative estimate of drug-likeness (QED) is 0.724. The molecule has 0 unspecified atom stereocenters. The van der Waals surface area contributed by atoms with E-state index in [-0.39, 0.29) is 0 Å². The molecule has 1 aromatic heterocycles. The van der Waals surface area contributed by atoms with Gasteiger partial charge in [0.2, 0.25) is 0 Å². The molecule has 2 N–H and O–H groups in total. The van der Waals surface area contributed by atoms with Crippen LogP contribution in [0.25, 0.3) is 0 Å². The number of halogens is 1. The molecule has 0 saturated carbocycles. The molecular formula is C9H12ClN3O. The summed E-state index contributed by atoms with van der Waals surface area (Å²) >= 11 is 5.80. The second-order valence-corrected chi connectivity index (χ2v) is 3.61. The third-order valence-electron chi connectivity index (χ3n) is 2.06. The van der Waals surface area contributed by atoms with E-state index >= 15 is 0 Å². The Labute approximate surface area is 87.6 Å². The Balaban J connectivity index is 2.21. The Bertz CT molecular complexity index is 306. The van der Waals surface area contributed by atoms with Gasteiger partial charge in [-0.1, -0.05) is 11.6 Å². The zero-order valence-corrected chi connectivity index (χ0v) is 8.50. The standard InChI is InChI=1S/C9H12ClN3O/c10-8-5-7(11)6-9(12-8)13-3-1-2-4-14-13/h5-6H,1-4H2,(H2,11,12). The summed E-state index contributed by atoms with van der Waals surface area (Å²) in [4.78, 5) is 9.57. The van der Waals surface area contributed by atoms with E-state index in [1.54, 1.807) is 17.2 Å². The minimum absolute atomic E-state index is 0.397. The molecule has 0 atom stereocenters. The Morgan fingerprint density at radius 1 is 1.43 bits per heavy atom. The molecule has 1 aromatic rings. The van der Waals surface area contributed by atoms with Crippen molar-refractivity contribution in [2.45, 2.75) is 12.8 Å². The van der Waals surface area contributed by atoms with E-state index in [9.17, 15) is 0 Å². The van der Waals surface area contributed by atoms with Crippen molar-refractivity contribution < 1.29 is 4.84 Å². The summed E-state index contributed by atoms with van der Waals surface area (Å²) in [5.41, 5.74) is 6.27. The molecule has 4 nitrogen and oxygen atoms in total. The molecule has 1 aliphatic rings. The first kappa shape index (κ1) is 9.55. The molecule has 76 valence electrons. The molecule has 1 fully saturated rings. The average Bonchev–Trinajstić information content (AvgIpc) is 2.18. The maximum Gasteiger partial charge on any atom is 0.156 e. The maximum absolute atomic E-state index is 5.80. The molecule has 5 heteroatoms. The van der Waals surface area contributed by atoms with Gasteiger partial charge < -0.3 is 5.73 Å². The van der Waals surface area contributed by atoms with Gasteiger partial charge in [0.1, 0.15) is 5.15 Å². The predicted octanol–water partition coefficient (Wildman–Crippen LogP) is 1.85. The molecule has 0 aliphatic carbocycles. The van der Waals surface area contributed by atoms with Crippen molar-refractivity contribution in [3.8, 4) is 0 Å². The van der Waals surface area contributed by atoms with Crippen molar-refractivity contribution in [1.29, 1.82) is 0 Å². The van der Waals surface area contributed by atoms with E-state index in [0.29, 0.717) is 16.7 Å². The lowest BCUT2D eigenvalue weighted by Crippen LogP contribution is -2.30. The third-order valence-corrected chi connectivity index (χ3v) is 2.25. The summed E-state index contributed by atoms with van der Waals surface area (Å²) in [5, 5.41) is 2.14. The number of anilines is 2. The largest absolute Gasteiger partial charge is 0.399 e. The van der Waals surface area contributed by atoms with Crippen LogP contribution in [0.4, 0.5) is 11.5 Å². The fourth-order valence-corrected chi connectivity index (χ4v) is 1.62. The second kappa shape index (κ2) is 4.02. The van der Waals surface area contributed by atoms with E-state index in [2.05, 4.69) is 4.98 Å². The van der Waals surface area contributed by atoms with E-state index in [0.717, 1.165) is 26.0 Å². The molecular weight excluding hydrogens is 202 g/mol. The average molecular weight is 214 g/mol. The number of hydrogen-bond donors (Lipinski definition) is 1. The highest BCUT2D eigenvalue weighted by Gasteiger charge is 2.13. The molecule has 2 heterocycles. The highest BCUT2D eigenvalue weighted by molar-refractivity contribution is 6.29. The minimum atomic E-state index is 0.397. The molecule has 2 rings (SSSR count). The van der Waals surface area contributed by atoms with E-state index in [4.69, 9.17) is 22.2 Å². The molecule has 14 heavy (non-hydrogen) atoms. The summed E-state index contributed by atoms with van der Waals surface area (Å²) < 4.78 is 0. The van der Waals surface area contributed by atoms with Gasteiger partial charge in [0.05, 0.1) is 6.61 Å². The van der Waals surface area contributed by atoms with Crippen LogP contribution >= 0.6 is 11.6 Å². The van der Waals surface area contributed by atoms with Crippen LogP contribution in [0.5, 0.6) is 0 Å². The molecule has 1 aliphatic heterocycles. The summed E-state index contributed by atoms with van der Waals surface area (Å²) in [6, 6.07) is 3.38. The Hall–Kier alpha value is -1.00. The van der Waals surface area contributed by atoms with Crippen LogP contribution in [0, 0.1) is 0 Å². The molecule has 0 amide bonds. The van der Waals surface area contributed by atoms with Gasteiger partial charge in [0, 0.05) is 18.3 Å². The lowest BCUT2D eigenvalue weighted by Gasteiger charge is -2.26. The van der Waals surface area contributed by atoms with E-state index in [1.807, 2.05) is 0 Å².